The molecule has 4 rings (SSSR count). The molecule has 0 aliphatic carbocycles. The minimum Gasteiger partial charge on any atom is -0.490 e. The monoisotopic (exact) mass is 423 g/mol. The van der Waals surface area contributed by atoms with Crippen molar-refractivity contribution in [3.63, 3.8) is 0 Å². The Morgan fingerprint density at radius 2 is 2.20 bits per heavy atom. The Morgan fingerprint density at radius 1 is 1.37 bits per heavy atom. The number of aromatic nitrogens is 1. The number of rotatable bonds is 6. The summed E-state index contributed by atoms with van der Waals surface area (Å²) in [5.74, 6) is 0.100. The Balaban J connectivity index is 1.82. The normalized spacial score (nSPS) is 11.8. The molecule has 0 atom stereocenters. The fourth-order valence-electron chi connectivity index (χ4n) is 3.11. The molecule has 4 aromatic rings. The average molecular weight is 423 g/mol. The second-order valence-electron chi connectivity index (χ2n) is 6.33. The van der Waals surface area contributed by atoms with Crippen LogP contribution in [0, 0.1) is 10.1 Å². The molecule has 0 aliphatic rings. The van der Waals surface area contributed by atoms with Gasteiger partial charge in [0, 0.05) is 24.1 Å². The molecule has 0 aliphatic heterocycles. The third-order valence-corrected chi connectivity index (χ3v) is 5.46. The van der Waals surface area contributed by atoms with Gasteiger partial charge in [0.1, 0.15) is 0 Å². The number of allylic oxidation sites excluding steroid dienone is 1. The van der Waals surface area contributed by atoms with Gasteiger partial charge in [0.2, 0.25) is 0 Å². The molecule has 0 N–H and O–H groups in total. The molecule has 2 aromatic carbocycles. The van der Waals surface area contributed by atoms with Gasteiger partial charge in [-0.05, 0) is 25.1 Å². The molecule has 0 radical (unpaired) electrons. The zero-order chi connectivity index (χ0) is 21.3. The minimum absolute atomic E-state index is 0.0308. The van der Waals surface area contributed by atoms with Crippen molar-refractivity contribution >= 4 is 44.1 Å². The van der Waals surface area contributed by atoms with Gasteiger partial charge in [-0.3, -0.25) is 14.9 Å². The van der Waals surface area contributed by atoms with Crippen molar-refractivity contribution in [2.45, 2.75) is 13.5 Å². The lowest BCUT2D eigenvalue weighted by atomic mass is 10.2. The van der Waals surface area contributed by atoms with Crippen LogP contribution in [0.2, 0.25) is 0 Å². The van der Waals surface area contributed by atoms with Crippen LogP contribution in [0.25, 0.3) is 21.2 Å². The highest BCUT2D eigenvalue weighted by Gasteiger charge is 2.16. The number of nitro benzene ring substituents is 1. The second kappa shape index (κ2) is 7.96. The highest BCUT2D eigenvalue weighted by atomic mass is 32.1. The number of para-hydroxylation sites is 1. The second-order valence-corrected chi connectivity index (χ2v) is 7.34. The number of nitro groups is 1. The Bertz CT molecular complexity index is 1360. The van der Waals surface area contributed by atoms with Crippen LogP contribution in [0.15, 0.2) is 64.5 Å². The maximum absolute atomic E-state index is 12.8. The van der Waals surface area contributed by atoms with Crippen molar-refractivity contribution in [3.05, 3.63) is 75.8 Å². The minimum atomic E-state index is -0.549. The number of furan rings is 1. The molecule has 2 aromatic heterocycles. The van der Waals surface area contributed by atoms with Crippen LogP contribution in [0.1, 0.15) is 17.5 Å². The number of carbonyl (C=O) groups is 1. The highest BCUT2D eigenvalue weighted by Crippen LogP contribution is 2.29. The van der Waals surface area contributed by atoms with Crippen LogP contribution in [-0.2, 0) is 6.54 Å². The van der Waals surface area contributed by atoms with E-state index in [1.807, 2.05) is 19.1 Å². The molecule has 0 spiro atoms. The lowest BCUT2D eigenvalue weighted by molar-refractivity contribution is -0.384. The third kappa shape index (κ3) is 3.50. The molecular formula is C21H17N3O5S. The van der Waals surface area contributed by atoms with Gasteiger partial charge in [0.15, 0.2) is 21.9 Å². The molecule has 0 bridgehead atoms. The van der Waals surface area contributed by atoms with Gasteiger partial charge in [-0.1, -0.05) is 29.5 Å². The number of non-ortho nitro benzene ring substituents is 1. The summed E-state index contributed by atoms with van der Waals surface area (Å²) in [4.78, 5) is 28.1. The number of fused-ring (bicyclic) bond motifs is 2. The topological polar surface area (TPSA) is 99.9 Å². The molecule has 152 valence electrons. The molecule has 2 heterocycles. The van der Waals surface area contributed by atoms with Gasteiger partial charge < -0.3 is 13.7 Å². The summed E-state index contributed by atoms with van der Waals surface area (Å²) in [5, 5.41) is 11.9. The van der Waals surface area contributed by atoms with Gasteiger partial charge in [-0.15, -0.1) is 6.58 Å². The smallest absolute Gasteiger partial charge is 0.315 e. The molecule has 1 amide bonds. The Kier molecular flexibility index (Phi) is 5.20. The van der Waals surface area contributed by atoms with E-state index >= 15 is 0 Å². The maximum Gasteiger partial charge on any atom is 0.315 e. The number of carbonyl (C=O) groups excluding carboxylic acids is 1. The van der Waals surface area contributed by atoms with Gasteiger partial charge in [0.25, 0.3) is 5.69 Å². The van der Waals surface area contributed by atoms with Crippen LogP contribution in [-0.4, -0.2) is 22.0 Å². The average Bonchev–Trinajstić information content (AvgIpc) is 3.31. The number of thiazole rings is 1. The van der Waals surface area contributed by atoms with E-state index in [-0.39, 0.29) is 11.4 Å². The highest BCUT2D eigenvalue weighted by molar-refractivity contribution is 7.16. The number of hydrogen-bond donors (Lipinski definition) is 0. The molecule has 0 saturated heterocycles. The first-order valence-electron chi connectivity index (χ1n) is 9.15. The van der Waals surface area contributed by atoms with E-state index in [1.165, 1.54) is 23.5 Å². The van der Waals surface area contributed by atoms with E-state index in [1.54, 1.807) is 28.8 Å². The SMILES string of the molecule is C=CCn1c(=NC(=O)c2cc3cccc(OCC)c3o2)sc2ccc([N+](=O)[O-])cc21. The molecule has 0 saturated carbocycles. The van der Waals surface area contributed by atoms with Crippen molar-refractivity contribution in [2.75, 3.05) is 6.61 Å². The largest absolute Gasteiger partial charge is 0.490 e. The maximum atomic E-state index is 12.8. The molecule has 9 heteroatoms. The molecule has 0 unspecified atom stereocenters. The first-order valence-corrected chi connectivity index (χ1v) is 9.96. The van der Waals surface area contributed by atoms with Crippen LogP contribution >= 0.6 is 11.3 Å². The van der Waals surface area contributed by atoms with E-state index in [4.69, 9.17) is 9.15 Å². The molecule has 0 fully saturated rings. The van der Waals surface area contributed by atoms with Gasteiger partial charge in [0.05, 0.1) is 21.7 Å². The van der Waals surface area contributed by atoms with Crippen LogP contribution in [0.3, 0.4) is 0 Å². The fourth-order valence-corrected chi connectivity index (χ4v) is 4.13. The first-order chi connectivity index (χ1) is 14.5. The Labute approximate surface area is 174 Å². The van der Waals surface area contributed by atoms with Crippen LogP contribution in [0.4, 0.5) is 5.69 Å². The standard InChI is InChI=1S/C21H17N3O5S/c1-3-10-23-15-12-14(24(26)27)8-9-18(15)30-21(23)22-20(25)17-11-13-6-5-7-16(28-4-2)19(13)29-17/h3,5-9,11-12H,1,4,10H2,2H3. The van der Waals surface area contributed by atoms with Crippen molar-refractivity contribution in [1.82, 2.24) is 4.57 Å². The molecule has 30 heavy (non-hydrogen) atoms. The third-order valence-electron chi connectivity index (χ3n) is 4.40. The van der Waals surface area contributed by atoms with Crippen molar-refractivity contribution < 1.29 is 18.9 Å². The summed E-state index contributed by atoms with van der Waals surface area (Å²) < 4.78 is 13.8. The van der Waals surface area contributed by atoms with E-state index in [2.05, 4.69) is 11.6 Å². The summed E-state index contributed by atoms with van der Waals surface area (Å²) in [5.41, 5.74) is 1.07. The summed E-state index contributed by atoms with van der Waals surface area (Å²) in [6.45, 7) is 6.42. The predicted octanol–water partition coefficient (Wildman–Crippen LogP) is 4.68. The summed E-state index contributed by atoms with van der Waals surface area (Å²) in [6.07, 6.45) is 1.64. The quantitative estimate of drug-likeness (QED) is 0.255. The zero-order valence-corrected chi connectivity index (χ0v) is 16.8. The van der Waals surface area contributed by atoms with E-state index < -0.39 is 10.8 Å². The summed E-state index contributed by atoms with van der Waals surface area (Å²) in [6, 6.07) is 11.6. The number of ether oxygens (including phenoxy) is 1. The lowest BCUT2D eigenvalue weighted by Gasteiger charge is -2.02. The van der Waals surface area contributed by atoms with Gasteiger partial charge >= 0.3 is 5.91 Å². The van der Waals surface area contributed by atoms with Crippen molar-refractivity contribution in [1.29, 1.82) is 0 Å². The van der Waals surface area contributed by atoms with Crippen molar-refractivity contribution in [2.24, 2.45) is 4.99 Å². The zero-order valence-electron chi connectivity index (χ0n) is 16.0. The van der Waals surface area contributed by atoms with Crippen molar-refractivity contribution in [3.8, 4) is 5.75 Å². The van der Waals surface area contributed by atoms with Crippen LogP contribution in [0.5, 0.6) is 5.75 Å². The number of benzene rings is 2. The van der Waals surface area contributed by atoms with E-state index in [0.29, 0.717) is 34.8 Å². The Morgan fingerprint density at radius 3 is 2.93 bits per heavy atom. The van der Waals surface area contributed by atoms with Gasteiger partial charge in [-0.25, -0.2) is 0 Å². The summed E-state index contributed by atoms with van der Waals surface area (Å²) in [7, 11) is 0. The van der Waals surface area contributed by atoms with Gasteiger partial charge in [-0.2, -0.15) is 4.99 Å². The molecule has 8 nitrogen and oxygen atoms in total. The predicted molar refractivity (Wildman–Crippen MR) is 114 cm³/mol. The Hall–Kier alpha value is -3.72. The number of amides is 1. The van der Waals surface area contributed by atoms with E-state index in [0.717, 1.165) is 10.1 Å². The van der Waals surface area contributed by atoms with E-state index in [9.17, 15) is 14.9 Å². The van der Waals surface area contributed by atoms with Crippen LogP contribution < -0.4 is 9.54 Å². The summed E-state index contributed by atoms with van der Waals surface area (Å²) >= 11 is 1.26. The fraction of sp³-hybridized carbons (Fsp3) is 0.143. The lowest BCUT2D eigenvalue weighted by Crippen LogP contribution is -2.16. The molecular weight excluding hydrogens is 406 g/mol. The first kappa shape index (κ1) is 19.6. The number of nitrogens with zero attached hydrogens (tertiary/aromatic N) is 3. The number of hydrogen-bond acceptors (Lipinski definition) is 6.